The molecule has 0 bridgehead atoms. The maximum absolute atomic E-state index is 12.4. The highest BCUT2D eigenvalue weighted by molar-refractivity contribution is 6.16. The Balaban J connectivity index is 1.87. The van der Waals surface area contributed by atoms with Gasteiger partial charge in [0.2, 0.25) is 0 Å². The van der Waals surface area contributed by atoms with E-state index in [4.69, 9.17) is 0 Å². The van der Waals surface area contributed by atoms with Gasteiger partial charge in [-0.05, 0) is 5.56 Å². The summed E-state index contributed by atoms with van der Waals surface area (Å²) in [6.07, 6.45) is 2.24. The molecule has 0 aromatic heterocycles. The molecule has 2 aromatic rings. The van der Waals surface area contributed by atoms with E-state index < -0.39 is 11.9 Å². The largest absolute Gasteiger partial charge is 0.380 e. The SMILES string of the molecule is O=C(C1=CC=C(Cc2ccccc2)C(=O)C1O)c1ccccc1. The molecule has 23 heavy (non-hydrogen) atoms. The molecule has 1 N–H and O–H groups in total. The van der Waals surface area contributed by atoms with Crippen molar-refractivity contribution < 1.29 is 14.7 Å². The van der Waals surface area contributed by atoms with Crippen LogP contribution in [-0.4, -0.2) is 22.8 Å². The number of ketones is 2. The molecular formula is C20H16O3. The zero-order chi connectivity index (χ0) is 16.2. The standard InChI is InChI=1S/C20H16O3/c21-18(15-9-5-2-6-10-15)17-12-11-16(19(22)20(17)23)13-14-7-3-1-4-8-14/h1-12,20,23H,13H2. The smallest absolute Gasteiger partial charge is 0.192 e. The van der Waals surface area contributed by atoms with Crippen LogP contribution in [0.25, 0.3) is 0 Å². The summed E-state index contributed by atoms with van der Waals surface area (Å²) >= 11 is 0. The lowest BCUT2D eigenvalue weighted by Crippen LogP contribution is -2.31. The lowest BCUT2D eigenvalue weighted by Gasteiger charge is -2.19. The van der Waals surface area contributed by atoms with E-state index in [-0.39, 0.29) is 11.4 Å². The molecule has 0 spiro atoms. The Morgan fingerprint density at radius 3 is 2.17 bits per heavy atom. The topological polar surface area (TPSA) is 54.4 Å². The van der Waals surface area contributed by atoms with Gasteiger partial charge in [0.1, 0.15) is 6.10 Å². The second kappa shape index (κ2) is 6.55. The normalized spacial score (nSPS) is 17.4. The highest BCUT2D eigenvalue weighted by Crippen LogP contribution is 2.22. The van der Waals surface area contributed by atoms with E-state index in [0.717, 1.165) is 5.56 Å². The van der Waals surface area contributed by atoms with Crippen molar-refractivity contribution in [3.05, 3.63) is 95.1 Å². The molecule has 0 amide bonds. The van der Waals surface area contributed by atoms with Crippen LogP contribution in [0, 0.1) is 0 Å². The number of benzene rings is 2. The minimum absolute atomic E-state index is 0.123. The van der Waals surface area contributed by atoms with E-state index >= 15 is 0 Å². The maximum atomic E-state index is 12.4. The Labute approximate surface area is 134 Å². The molecule has 1 aliphatic carbocycles. The van der Waals surface area contributed by atoms with Gasteiger partial charge in [-0.1, -0.05) is 72.8 Å². The van der Waals surface area contributed by atoms with Crippen LogP contribution in [0.15, 0.2) is 84.0 Å². The summed E-state index contributed by atoms with van der Waals surface area (Å²) in [7, 11) is 0. The van der Waals surface area contributed by atoms with Crippen molar-refractivity contribution in [3.8, 4) is 0 Å². The van der Waals surface area contributed by atoms with Gasteiger partial charge >= 0.3 is 0 Å². The van der Waals surface area contributed by atoms with Crippen LogP contribution in [0.5, 0.6) is 0 Å². The molecule has 1 atom stereocenters. The van der Waals surface area contributed by atoms with Crippen molar-refractivity contribution in [3.63, 3.8) is 0 Å². The summed E-state index contributed by atoms with van der Waals surface area (Å²) in [6.45, 7) is 0. The van der Waals surface area contributed by atoms with Gasteiger partial charge in [0.25, 0.3) is 0 Å². The predicted molar refractivity (Wildman–Crippen MR) is 88.1 cm³/mol. The van der Waals surface area contributed by atoms with Crippen molar-refractivity contribution in [1.82, 2.24) is 0 Å². The molecule has 2 aromatic carbocycles. The van der Waals surface area contributed by atoms with E-state index in [0.29, 0.717) is 17.6 Å². The molecule has 0 radical (unpaired) electrons. The van der Waals surface area contributed by atoms with Gasteiger partial charge in [0.05, 0.1) is 0 Å². The zero-order valence-corrected chi connectivity index (χ0v) is 12.5. The summed E-state index contributed by atoms with van der Waals surface area (Å²) in [5, 5.41) is 10.2. The van der Waals surface area contributed by atoms with Crippen molar-refractivity contribution >= 4 is 11.6 Å². The fourth-order valence-corrected chi connectivity index (χ4v) is 2.60. The molecule has 1 unspecified atom stereocenters. The monoisotopic (exact) mass is 304 g/mol. The molecule has 3 nitrogen and oxygen atoms in total. The first-order valence-electron chi connectivity index (χ1n) is 7.43. The quantitative estimate of drug-likeness (QED) is 0.884. The minimum atomic E-state index is -1.40. The Morgan fingerprint density at radius 2 is 1.52 bits per heavy atom. The highest BCUT2D eigenvalue weighted by atomic mass is 16.3. The van der Waals surface area contributed by atoms with Gasteiger partial charge in [0.15, 0.2) is 11.6 Å². The molecule has 3 rings (SSSR count). The number of hydrogen-bond acceptors (Lipinski definition) is 3. The lowest BCUT2D eigenvalue weighted by atomic mass is 9.87. The summed E-state index contributed by atoms with van der Waals surface area (Å²) in [6, 6.07) is 18.2. The first-order valence-corrected chi connectivity index (χ1v) is 7.43. The molecule has 0 saturated heterocycles. The van der Waals surface area contributed by atoms with Gasteiger partial charge in [-0.15, -0.1) is 0 Å². The highest BCUT2D eigenvalue weighted by Gasteiger charge is 2.30. The van der Waals surface area contributed by atoms with Crippen LogP contribution in [0.4, 0.5) is 0 Å². The third kappa shape index (κ3) is 3.20. The number of carbonyl (C=O) groups is 2. The summed E-state index contributed by atoms with van der Waals surface area (Å²) < 4.78 is 0. The second-order valence-electron chi connectivity index (χ2n) is 5.44. The molecule has 0 heterocycles. The van der Waals surface area contributed by atoms with Crippen molar-refractivity contribution in [2.45, 2.75) is 12.5 Å². The first-order chi connectivity index (χ1) is 11.2. The Kier molecular flexibility index (Phi) is 4.31. The van der Waals surface area contributed by atoms with Crippen LogP contribution in [-0.2, 0) is 11.2 Å². The van der Waals surface area contributed by atoms with Crippen molar-refractivity contribution in [1.29, 1.82) is 0 Å². The first kappa shape index (κ1) is 15.1. The van der Waals surface area contributed by atoms with E-state index in [1.807, 2.05) is 36.4 Å². The van der Waals surface area contributed by atoms with Crippen molar-refractivity contribution in [2.75, 3.05) is 0 Å². The average molecular weight is 304 g/mol. The number of allylic oxidation sites excluding steroid dienone is 2. The number of Topliss-reactive ketones (excluding diaryl/α,β-unsaturated/α-hetero) is 2. The maximum Gasteiger partial charge on any atom is 0.192 e. The molecule has 3 heteroatoms. The van der Waals surface area contributed by atoms with Gasteiger partial charge in [-0.25, -0.2) is 0 Å². The van der Waals surface area contributed by atoms with Gasteiger partial charge in [-0.3, -0.25) is 9.59 Å². The van der Waals surface area contributed by atoms with Crippen LogP contribution < -0.4 is 0 Å². The number of carbonyl (C=O) groups excluding carboxylic acids is 2. The number of aliphatic hydroxyl groups excluding tert-OH is 1. The summed E-state index contributed by atoms with van der Waals surface area (Å²) in [5.41, 5.74) is 2.09. The third-order valence-electron chi connectivity index (χ3n) is 3.86. The van der Waals surface area contributed by atoms with Crippen LogP contribution in [0.1, 0.15) is 15.9 Å². The Morgan fingerprint density at radius 1 is 0.913 bits per heavy atom. The van der Waals surface area contributed by atoms with E-state index in [9.17, 15) is 14.7 Å². The minimum Gasteiger partial charge on any atom is -0.380 e. The molecule has 0 saturated carbocycles. The van der Waals surface area contributed by atoms with Gasteiger partial charge < -0.3 is 5.11 Å². The fraction of sp³-hybridized carbons (Fsp3) is 0.100. The predicted octanol–water partition coefficient (Wildman–Crippen LogP) is 2.91. The molecule has 0 aliphatic heterocycles. The summed E-state index contributed by atoms with van der Waals surface area (Å²) in [5.74, 6) is -0.725. The lowest BCUT2D eigenvalue weighted by molar-refractivity contribution is -0.121. The van der Waals surface area contributed by atoms with Gasteiger partial charge in [0, 0.05) is 23.1 Å². The molecular weight excluding hydrogens is 288 g/mol. The third-order valence-corrected chi connectivity index (χ3v) is 3.86. The number of rotatable bonds is 4. The summed E-state index contributed by atoms with van der Waals surface area (Å²) in [4.78, 5) is 24.8. The van der Waals surface area contributed by atoms with Crippen LogP contribution in [0.3, 0.4) is 0 Å². The van der Waals surface area contributed by atoms with Crippen LogP contribution >= 0.6 is 0 Å². The number of aliphatic hydroxyl groups is 1. The molecule has 1 aliphatic rings. The van der Waals surface area contributed by atoms with E-state index in [1.165, 1.54) is 0 Å². The van der Waals surface area contributed by atoms with Crippen LogP contribution in [0.2, 0.25) is 0 Å². The van der Waals surface area contributed by atoms with Gasteiger partial charge in [-0.2, -0.15) is 0 Å². The fourth-order valence-electron chi connectivity index (χ4n) is 2.60. The Bertz CT molecular complexity index is 786. The van der Waals surface area contributed by atoms with Crippen molar-refractivity contribution in [2.24, 2.45) is 0 Å². The van der Waals surface area contributed by atoms with E-state index in [1.54, 1.807) is 36.4 Å². The molecule has 114 valence electrons. The zero-order valence-electron chi connectivity index (χ0n) is 12.5. The molecule has 0 fully saturated rings. The number of hydrogen-bond donors (Lipinski definition) is 1. The van der Waals surface area contributed by atoms with E-state index in [2.05, 4.69) is 0 Å². The average Bonchev–Trinajstić information content (AvgIpc) is 2.60. The Hall–Kier alpha value is -2.78. The second-order valence-corrected chi connectivity index (χ2v) is 5.44.